The fourth-order valence-corrected chi connectivity index (χ4v) is 3.22. The molecule has 1 aliphatic carbocycles. The van der Waals surface area contributed by atoms with Crippen LogP contribution < -0.4 is 0 Å². The molecule has 0 atom stereocenters. The van der Waals surface area contributed by atoms with E-state index in [4.69, 9.17) is 0 Å². The molecule has 0 amide bonds. The van der Waals surface area contributed by atoms with Crippen LogP contribution in [0.15, 0.2) is 4.47 Å². The van der Waals surface area contributed by atoms with E-state index in [1.165, 1.54) is 18.5 Å². The highest BCUT2D eigenvalue weighted by molar-refractivity contribution is 9.10. The minimum atomic E-state index is 0.1000. The maximum atomic E-state index is 9.62. The monoisotopic (exact) mass is 286 g/mol. The molecule has 3 nitrogen and oxygen atoms in total. The van der Waals surface area contributed by atoms with Gasteiger partial charge in [0.05, 0.1) is 15.9 Å². The van der Waals surface area contributed by atoms with Gasteiger partial charge in [-0.1, -0.05) is 12.8 Å². The topological polar surface area (TPSA) is 38.0 Å². The first-order valence-corrected chi connectivity index (χ1v) is 6.66. The number of aryl methyl sites for hydroxylation is 2. The van der Waals surface area contributed by atoms with E-state index in [0.717, 1.165) is 29.4 Å². The maximum absolute atomic E-state index is 9.62. The fourth-order valence-electron chi connectivity index (χ4n) is 2.74. The van der Waals surface area contributed by atoms with Crippen molar-refractivity contribution in [3.8, 4) is 0 Å². The number of nitrogens with zero attached hydrogens (tertiary/aromatic N) is 2. The smallest absolute Gasteiger partial charge is 0.0738 e. The molecule has 16 heavy (non-hydrogen) atoms. The second kappa shape index (κ2) is 4.49. The summed E-state index contributed by atoms with van der Waals surface area (Å²) in [6.45, 7) is 2.30. The van der Waals surface area contributed by atoms with Gasteiger partial charge in [-0.15, -0.1) is 0 Å². The maximum Gasteiger partial charge on any atom is 0.0738 e. The number of hydrogen-bond acceptors (Lipinski definition) is 2. The van der Waals surface area contributed by atoms with Crippen LogP contribution in [0, 0.1) is 12.3 Å². The van der Waals surface area contributed by atoms with Crippen LogP contribution in [0.5, 0.6) is 0 Å². The molecule has 0 aromatic carbocycles. The number of aromatic nitrogens is 2. The van der Waals surface area contributed by atoms with E-state index in [2.05, 4.69) is 21.0 Å². The van der Waals surface area contributed by atoms with Gasteiger partial charge in [0.25, 0.3) is 0 Å². The van der Waals surface area contributed by atoms with Gasteiger partial charge in [-0.2, -0.15) is 5.10 Å². The second-order valence-electron chi connectivity index (χ2n) is 5.01. The summed E-state index contributed by atoms with van der Waals surface area (Å²) < 4.78 is 3.05. The molecule has 2 rings (SSSR count). The number of hydrogen-bond donors (Lipinski definition) is 1. The van der Waals surface area contributed by atoms with Crippen molar-refractivity contribution in [3.63, 3.8) is 0 Å². The van der Waals surface area contributed by atoms with Crippen molar-refractivity contribution in [2.75, 3.05) is 6.61 Å². The molecule has 1 heterocycles. The third-order valence-electron chi connectivity index (χ3n) is 3.80. The highest BCUT2D eigenvalue weighted by Gasteiger charge is 2.35. The third-order valence-corrected chi connectivity index (χ3v) is 4.84. The highest BCUT2D eigenvalue weighted by Crippen LogP contribution is 2.41. The molecule has 1 fully saturated rings. The summed E-state index contributed by atoms with van der Waals surface area (Å²) in [7, 11) is 1.98. The quantitative estimate of drug-likeness (QED) is 0.928. The van der Waals surface area contributed by atoms with E-state index in [-0.39, 0.29) is 5.41 Å². The van der Waals surface area contributed by atoms with Crippen LogP contribution >= 0.6 is 15.9 Å². The molecule has 1 aliphatic rings. The van der Waals surface area contributed by atoms with Crippen molar-refractivity contribution in [1.29, 1.82) is 0 Å². The van der Waals surface area contributed by atoms with Crippen LogP contribution in [-0.2, 0) is 13.5 Å². The Balaban J connectivity index is 2.25. The Hall–Kier alpha value is -0.350. The van der Waals surface area contributed by atoms with Gasteiger partial charge in [0.2, 0.25) is 0 Å². The van der Waals surface area contributed by atoms with Crippen molar-refractivity contribution in [2.45, 2.75) is 39.0 Å². The van der Waals surface area contributed by atoms with Gasteiger partial charge in [-0.3, -0.25) is 4.68 Å². The molecular formula is C12H19BrN2O. The Morgan fingerprint density at radius 2 is 2.06 bits per heavy atom. The molecule has 1 saturated carbocycles. The van der Waals surface area contributed by atoms with E-state index < -0.39 is 0 Å². The standard InChI is InChI=1S/C12H19BrN2O/c1-9-11(13)10(15(2)14-9)7-12(8-16)5-3-4-6-12/h16H,3-8H2,1-2H3. The van der Waals surface area contributed by atoms with Crippen LogP contribution in [0.25, 0.3) is 0 Å². The van der Waals surface area contributed by atoms with E-state index >= 15 is 0 Å². The average Bonchev–Trinajstić information content (AvgIpc) is 2.81. The predicted octanol–water partition coefficient (Wildman–Crippen LogP) is 2.59. The highest BCUT2D eigenvalue weighted by atomic mass is 79.9. The van der Waals surface area contributed by atoms with Crippen molar-refractivity contribution in [1.82, 2.24) is 9.78 Å². The molecule has 0 radical (unpaired) electrons. The van der Waals surface area contributed by atoms with E-state index in [0.29, 0.717) is 6.61 Å². The normalized spacial score (nSPS) is 19.2. The molecule has 0 unspecified atom stereocenters. The molecule has 1 aromatic rings. The van der Waals surface area contributed by atoms with E-state index in [1.54, 1.807) is 0 Å². The van der Waals surface area contributed by atoms with Crippen LogP contribution in [0.4, 0.5) is 0 Å². The summed E-state index contributed by atoms with van der Waals surface area (Å²) in [5.41, 5.74) is 2.35. The minimum absolute atomic E-state index is 0.1000. The number of aliphatic hydroxyl groups is 1. The molecule has 1 N–H and O–H groups in total. The fraction of sp³-hybridized carbons (Fsp3) is 0.750. The Kier molecular flexibility index (Phi) is 3.40. The van der Waals surface area contributed by atoms with E-state index in [9.17, 15) is 5.11 Å². The first kappa shape index (κ1) is 12.1. The largest absolute Gasteiger partial charge is 0.396 e. The van der Waals surface area contributed by atoms with Crippen LogP contribution in [0.3, 0.4) is 0 Å². The zero-order valence-corrected chi connectivity index (χ0v) is 11.5. The summed E-state index contributed by atoms with van der Waals surface area (Å²) in [6, 6.07) is 0. The van der Waals surface area contributed by atoms with Gasteiger partial charge >= 0.3 is 0 Å². The lowest BCUT2D eigenvalue weighted by molar-refractivity contribution is 0.128. The first-order chi connectivity index (χ1) is 7.58. The first-order valence-electron chi connectivity index (χ1n) is 5.87. The van der Waals surface area contributed by atoms with Crippen LogP contribution in [0.1, 0.15) is 37.1 Å². The lowest BCUT2D eigenvalue weighted by Crippen LogP contribution is -2.25. The predicted molar refractivity (Wildman–Crippen MR) is 67.3 cm³/mol. The van der Waals surface area contributed by atoms with Crippen molar-refractivity contribution < 1.29 is 5.11 Å². The molecule has 0 aliphatic heterocycles. The summed E-state index contributed by atoms with van der Waals surface area (Å²) in [5.74, 6) is 0. The zero-order chi connectivity index (χ0) is 11.8. The van der Waals surface area contributed by atoms with Gasteiger partial charge in [0, 0.05) is 13.7 Å². The number of aliphatic hydroxyl groups excluding tert-OH is 1. The summed E-state index contributed by atoms with van der Waals surface area (Å²) in [4.78, 5) is 0. The lowest BCUT2D eigenvalue weighted by Gasteiger charge is -2.26. The van der Waals surface area contributed by atoms with Gasteiger partial charge in [-0.05, 0) is 47.5 Å². The Morgan fingerprint density at radius 3 is 2.50 bits per heavy atom. The number of rotatable bonds is 3. The molecule has 0 saturated heterocycles. The summed E-state index contributed by atoms with van der Waals surface area (Å²) in [6.07, 6.45) is 5.70. The lowest BCUT2D eigenvalue weighted by atomic mass is 9.82. The van der Waals surface area contributed by atoms with Gasteiger partial charge in [0.1, 0.15) is 0 Å². The molecule has 90 valence electrons. The van der Waals surface area contributed by atoms with Crippen molar-refractivity contribution in [3.05, 3.63) is 15.9 Å². The SMILES string of the molecule is Cc1nn(C)c(CC2(CO)CCCC2)c1Br. The Labute approximate surface area is 105 Å². The van der Waals surface area contributed by atoms with Crippen molar-refractivity contribution >= 4 is 15.9 Å². The Bertz CT molecular complexity index is 381. The summed E-state index contributed by atoms with van der Waals surface area (Å²) >= 11 is 3.60. The Morgan fingerprint density at radius 1 is 1.44 bits per heavy atom. The third kappa shape index (κ3) is 2.05. The molecule has 1 aromatic heterocycles. The van der Waals surface area contributed by atoms with Crippen LogP contribution in [-0.4, -0.2) is 21.5 Å². The zero-order valence-electron chi connectivity index (χ0n) is 9.96. The number of halogens is 1. The molecular weight excluding hydrogens is 268 g/mol. The van der Waals surface area contributed by atoms with Crippen molar-refractivity contribution in [2.24, 2.45) is 12.5 Å². The molecule has 0 bridgehead atoms. The van der Waals surface area contributed by atoms with Crippen LogP contribution in [0.2, 0.25) is 0 Å². The van der Waals surface area contributed by atoms with Gasteiger partial charge in [-0.25, -0.2) is 0 Å². The average molecular weight is 287 g/mol. The second-order valence-corrected chi connectivity index (χ2v) is 5.80. The molecule has 4 heteroatoms. The van der Waals surface area contributed by atoms with Gasteiger partial charge < -0.3 is 5.11 Å². The summed E-state index contributed by atoms with van der Waals surface area (Å²) in [5, 5.41) is 14.0. The van der Waals surface area contributed by atoms with E-state index in [1.807, 2.05) is 18.7 Å². The minimum Gasteiger partial charge on any atom is -0.396 e. The van der Waals surface area contributed by atoms with Gasteiger partial charge in [0.15, 0.2) is 0 Å². The molecule has 0 spiro atoms.